The van der Waals surface area contributed by atoms with E-state index in [1.165, 1.54) is 59.7 Å². The second-order valence-electron chi connectivity index (χ2n) is 9.66. The number of rotatable bonds is 15. The molecular weight excluding hydrogens is 600 g/mol. The summed E-state index contributed by atoms with van der Waals surface area (Å²) in [6.07, 6.45) is 8.51. The zero-order valence-electron chi connectivity index (χ0n) is 24.9. The van der Waals surface area contributed by atoms with Gasteiger partial charge in [-0.05, 0) is 42.0 Å². The topological polar surface area (TPSA) is 106 Å². The van der Waals surface area contributed by atoms with Crippen LogP contribution in [-0.4, -0.2) is 60.7 Å². The number of likely N-dealkylation sites (N-methyl/N-ethyl adjacent to an activating group) is 1. The first-order valence-corrected chi connectivity index (χ1v) is 14.8. The van der Waals surface area contributed by atoms with E-state index in [0.29, 0.717) is 30.1 Å². The average Bonchev–Trinajstić information content (AvgIpc) is 3.48. The number of benzene rings is 1. The molecule has 0 atom stereocenters. The molecule has 0 saturated heterocycles. The van der Waals surface area contributed by atoms with Crippen LogP contribution >= 0.6 is 11.3 Å². The molecule has 4 rings (SSSR count). The number of allylic oxidation sites excluding steroid dienone is 4. The fraction of sp³-hybridized carbons (Fsp3) is 0.212. The molecule has 9 nitrogen and oxygen atoms in total. The van der Waals surface area contributed by atoms with Crippen LogP contribution in [0.1, 0.15) is 12.0 Å². The molecule has 1 aromatic carbocycles. The first kappa shape index (κ1) is 33.1. The van der Waals surface area contributed by atoms with Crippen molar-refractivity contribution in [3.63, 3.8) is 0 Å². The van der Waals surface area contributed by atoms with Crippen LogP contribution in [0.3, 0.4) is 0 Å². The van der Waals surface area contributed by atoms with Gasteiger partial charge in [-0.15, -0.1) is 11.3 Å². The maximum Gasteiger partial charge on any atom is 0.236 e. The third kappa shape index (κ3) is 9.11. The Kier molecular flexibility index (Phi) is 12.0. The van der Waals surface area contributed by atoms with Crippen molar-refractivity contribution in [3.05, 3.63) is 103 Å². The van der Waals surface area contributed by atoms with E-state index in [4.69, 9.17) is 9.47 Å². The molecule has 0 aliphatic heterocycles. The highest BCUT2D eigenvalue weighted by Crippen LogP contribution is 2.39. The molecule has 3 heterocycles. The predicted octanol–water partition coefficient (Wildman–Crippen LogP) is 6.41. The number of ether oxygens (including phenoxy) is 2. The van der Waals surface area contributed by atoms with E-state index in [1.54, 1.807) is 19.4 Å². The van der Waals surface area contributed by atoms with Gasteiger partial charge in [0.2, 0.25) is 11.8 Å². The Morgan fingerprint density at radius 1 is 1.13 bits per heavy atom. The third-order valence-corrected chi connectivity index (χ3v) is 7.60. The smallest absolute Gasteiger partial charge is 0.236 e. The van der Waals surface area contributed by atoms with Gasteiger partial charge >= 0.3 is 0 Å². The highest BCUT2D eigenvalue weighted by atomic mass is 32.1. The number of thiophene rings is 1. The number of anilines is 1. The van der Waals surface area contributed by atoms with Crippen LogP contribution in [0.15, 0.2) is 91.4 Å². The molecule has 0 aliphatic rings. The first-order valence-electron chi connectivity index (χ1n) is 14.0. The van der Waals surface area contributed by atoms with Gasteiger partial charge in [-0.3, -0.25) is 19.6 Å². The molecule has 234 valence electrons. The third-order valence-electron chi connectivity index (χ3n) is 6.44. The number of nitrogens with zero attached hydrogens (tertiary/aromatic N) is 3. The molecule has 0 bridgehead atoms. The average molecular weight is 634 g/mol. The number of alkyl halides is 1. The SMILES string of the molecule is C=C/C=C(\C=C/CF)N(C)C(=O)CC(=O)Nc1ccc(Oc2ccnc3cc(-c4ccc(CNCCOC)cn4)sc23)c(F)c1. The van der Waals surface area contributed by atoms with Crippen molar-refractivity contribution in [2.45, 2.75) is 13.0 Å². The molecule has 4 aromatic rings. The van der Waals surface area contributed by atoms with E-state index < -0.39 is 30.7 Å². The Bertz CT molecular complexity index is 1710. The quantitative estimate of drug-likeness (QED) is 0.0886. The van der Waals surface area contributed by atoms with Gasteiger partial charge in [0, 0.05) is 63.2 Å². The fourth-order valence-electron chi connectivity index (χ4n) is 4.15. The maximum atomic E-state index is 15.1. The molecule has 3 aromatic heterocycles. The highest BCUT2D eigenvalue weighted by Gasteiger charge is 2.18. The normalized spacial score (nSPS) is 11.6. The lowest BCUT2D eigenvalue weighted by atomic mass is 10.2. The van der Waals surface area contributed by atoms with Crippen LogP contribution < -0.4 is 15.4 Å². The molecule has 45 heavy (non-hydrogen) atoms. The molecule has 0 unspecified atom stereocenters. The van der Waals surface area contributed by atoms with Crippen LogP contribution in [0.5, 0.6) is 11.5 Å². The second-order valence-corrected chi connectivity index (χ2v) is 10.7. The predicted molar refractivity (Wildman–Crippen MR) is 172 cm³/mol. The summed E-state index contributed by atoms with van der Waals surface area (Å²) in [7, 11) is 3.12. The molecule has 0 spiro atoms. The van der Waals surface area contributed by atoms with Gasteiger partial charge in [-0.1, -0.05) is 24.8 Å². The largest absolute Gasteiger partial charge is 0.453 e. The molecule has 0 aliphatic carbocycles. The number of methoxy groups -OCH3 is 1. The number of aromatic nitrogens is 2. The summed E-state index contributed by atoms with van der Waals surface area (Å²) < 4.78 is 39.3. The lowest BCUT2D eigenvalue weighted by Gasteiger charge is -2.18. The highest BCUT2D eigenvalue weighted by molar-refractivity contribution is 7.22. The number of pyridine rings is 2. The Labute approximate surface area is 263 Å². The number of halogens is 2. The number of amides is 2. The minimum Gasteiger partial charge on any atom is -0.453 e. The number of fused-ring (bicyclic) bond motifs is 1. The molecule has 12 heteroatoms. The van der Waals surface area contributed by atoms with E-state index in [0.717, 1.165) is 33.4 Å². The number of hydrogen-bond donors (Lipinski definition) is 2. The standard InChI is InChI=1S/C33H33F2N5O4S/c1-4-6-24(7-5-13-34)40(2)32(42)19-31(41)39-23-9-11-28(25(35)17-23)44-29-12-14-37-27-18-30(45-33(27)29)26-10-8-22(21-38-26)20-36-15-16-43-3/h4-12,14,17-18,21,36H,1,13,15-16,19-20H2,2-3H3,(H,39,41)/b7-5-,24-6+. The van der Waals surface area contributed by atoms with Gasteiger partial charge in [0.1, 0.15) is 18.8 Å². The second kappa shape index (κ2) is 16.3. The molecule has 2 amide bonds. The van der Waals surface area contributed by atoms with E-state index in [9.17, 15) is 14.0 Å². The van der Waals surface area contributed by atoms with Gasteiger partial charge < -0.3 is 25.0 Å². The molecule has 0 fully saturated rings. The van der Waals surface area contributed by atoms with Gasteiger partial charge in [0.05, 0.1) is 27.4 Å². The van der Waals surface area contributed by atoms with Crippen molar-refractivity contribution >= 4 is 39.1 Å². The Hall–Kier alpha value is -4.78. The van der Waals surface area contributed by atoms with Crippen LogP contribution in [0.2, 0.25) is 0 Å². The van der Waals surface area contributed by atoms with E-state index in [1.807, 2.05) is 24.4 Å². The van der Waals surface area contributed by atoms with Crippen LogP contribution in [-0.2, 0) is 20.9 Å². The molecule has 2 N–H and O–H groups in total. The summed E-state index contributed by atoms with van der Waals surface area (Å²) in [6.45, 7) is 4.93. The minimum absolute atomic E-state index is 0.0476. The van der Waals surface area contributed by atoms with Gasteiger partial charge in [0.15, 0.2) is 11.6 Å². The van der Waals surface area contributed by atoms with E-state index in [-0.39, 0.29) is 11.4 Å². The summed E-state index contributed by atoms with van der Waals surface area (Å²) in [5.41, 5.74) is 3.03. The number of nitrogens with one attached hydrogen (secondary N) is 2. The van der Waals surface area contributed by atoms with Crippen LogP contribution in [0, 0.1) is 5.82 Å². The van der Waals surface area contributed by atoms with Crippen LogP contribution in [0.25, 0.3) is 20.8 Å². The molecular formula is C33H33F2N5O4S. The Balaban J connectivity index is 1.41. The lowest BCUT2D eigenvalue weighted by Crippen LogP contribution is -2.29. The van der Waals surface area contributed by atoms with Crippen LogP contribution in [0.4, 0.5) is 14.5 Å². The maximum absolute atomic E-state index is 15.1. The molecule has 0 radical (unpaired) electrons. The van der Waals surface area contributed by atoms with Crippen molar-refractivity contribution in [3.8, 4) is 22.1 Å². The Morgan fingerprint density at radius 3 is 2.69 bits per heavy atom. The zero-order chi connectivity index (χ0) is 32.2. The summed E-state index contributed by atoms with van der Waals surface area (Å²) in [5.74, 6) is -1.51. The van der Waals surface area contributed by atoms with E-state index >= 15 is 4.39 Å². The summed E-state index contributed by atoms with van der Waals surface area (Å²) in [5, 5.41) is 5.81. The van der Waals surface area contributed by atoms with Crippen molar-refractivity contribution in [2.75, 3.05) is 39.3 Å². The Morgan fingerprint density at radius 2 is 1.98 bits per heavy atom. The summed E-state index contributed by atoms with van der Waals surface area (Å²) >= 11 is 1.43. The van der Waals surface area contributed by atoms with Gasteiger partial charge in [0.25, 0.3) is 0 Å². The first-order chi connectivity index (χ1) is 21.8. The number of carbonyl (C=O) groups is 2. The molecule has 0 saturated carbocycles. The zero-order valence-corrected chi connectivity index (χ0v) is 25.7. The minimum atomic E-state index is -0.707. The van der Waals surface area contributed by atoms with Crippen molar-refractivity contribution in [1.29, 1.82) is 0 Å². The van der Waals surface area contributed by atoms with E-state index in [2.05, 4.69) is 27.2 Å². The van der Waals surface area contributed by atoms with Gasteiger partial charge in [-0.2, -0.15) is 0 Å². The fourth-order valence-corrected chi connectivity index (χ4v) is 5.20. The van der Waals surface area contributed by atoms with Gasteiger partial charge in [-0.25, -0.2) is 8.78 Å². The number of carbonyl (C=O) groups excluding carboxylic acids is 2. The van der Waals surface area contributed by atoms with Crippen molar-refractivity contribution in [1.82, 2.24) is 20.2 Å². The summed E-state index contributed by atoms with van der Waals surface area (Å²) in [4.78, 5) is 36.2. The number of hydrogen-bond acceptors (Lipinski definition) is 8. The lowest BCUT2D eigenvalue weighted by molar-refractivity contribution is -0.131. The monoisotopic (exact) mass is 633 g/mol. The van der Waals surface area contributed by atoms with Crippen molar-refractivity contribution in [2.24, 2.45) is 0 Å². The summed E-state index contributed by atoms with van der Waals surface area (Å²) in [6, 6.07) is 11.5. The van der Waals surface area contributed by atoms with Crippen molar-refractivity contribution < 1.29 is 27.8 Å².